The molecular weight excluding hydrogens is 500 g/mol. The largest absolute Gasteiger partial charge is 0.464 e. The van der Waals surface area contributed by atoms with E-state index in [2.05, 4.69) is 49.0 Å². The molecule has 0 aliphatic carbocycles. The van der Waals surface area contributed by atoms with E-state index in [0.717, 1.165) is 71.0 Å². The summed E-state index contributed by atoms with van der Waals surface area (Å²) in [5, 5.41) is 2.06. The quantitative estimate of drug-likeness (QED) is 0.379. The molecular formula is C28H32N6O3S. The van der Waals surface area contributed by atoms with E-state index < -0.39 is 0 Å². The number of methoxy groups -OCH3 is 1. The van der Waals surface area contributed by atoms with Gasteiger partial charge in [-0.05, 0) is 43.1 Å². The first-order chi connectivity index (χ1) is 18.3. The lowest BCUT2D eigenvalue weighted by Crippen LogP contribution is -2.31. The third-order valence-corrected chi connectivity index (χ3v) is 8.98. The molecule has 38 heavy (non-hydrogen) atoms. The fourth-order valence-corrected chi connectivity index (χ4v) is 6.88. The topological polar surface area (TPSA) is 94.7 Å². The van der Waals surface area contributed by atoms with Gasteiger partial charge in [0.25, 0.3) is 0 Å². The predicted molar refractivity (Wildman–Crippen MR) is 149 cm³/mol. The lowest BCUT2D eigenvalue weighted by molar-refractivity contribution is -0.127. The zero-order valence-corrected chi connectivity index (χ0v) is 22.8. The number of fused-ring (bicyclic) bond motifs is 2. The van der Waals surface area contributed by atoms with Gasteiger partial charge in [0, 0.05) is 61.5 Å². The fraction of sp³-hybridized carbons (Fsp3) is 0.429. The number of amides is 1. The van der Waals surface area contributed by atoms with Crippen LogP contribution >= 0.6 is 11.3 Å². The number of nitrogens with zero attached hydrogens (tertiary/aromatic N) is 5. The summed E-state index contributed by atoms with van der Waals surface area (Å²) in [6, 6.07) is 10.3. The maximum Gasteiger partial charge on any atom is 0.354 e. The molecule has 1 unspecified atom stereocenters. The van der Waals surface area contributed by atoms with E-state index in [1.807, 2.05) is 6.07 Å². The van der Waals surface area contributed by atoms with Crippen molar-refractivity contribution in [2.45, 2.75) is 25.8 Å². The van der Waals surface area contributed by atoms with E-state index >= 15 is 0 Å². The van der Waals surface area contributed by atoms with Gasteiger partial charge in [-0.3, -0.25) is 9.69 Å². The van der Waals surface area contributed by atoms with E-state index in [9.17, 15) is 9.59 Å². The zero-order chi connectivity index (χ0) is 26.4. The Hall–Kier alpha value is -3.50. The SMILES string of the molecule is COC(=O)c1cc2ccc(CN3CCC4(CCN(c5ncnc6sc(CC(=O)N(C)C)cc56)C4)C3)cc2[nH]1. The lowest BCUT2D eigenvalue weighted by Gasteiger charge is -2.25. The van der Waals surface area contributed by atoms with E-state index in [1.54, 1.807) is 36.7 Å². The van der Waals surface area contributed by atoms with Crippen LogP contribution in [-0.4, -0.2) is 84.0 Å². The second-order valence-corrected chi connectivity index (χ2v) is 11.9. The van der Waals surface area contributed by atoms with Crippen molar-refractivity contribution < 1.29 is 14.3 Å². The predicted octanol–water partition coefficient (Wildman–Crippen LogP) is 3.69. The number of ether oxygens (including phenoxy) is 1. The Morgan fingerprint density at radius 2 is 1.97 bits per heavy atom. The molecule has 3 aromatic heterocycles. The van der Waals surface area contributed by atoms with Gasteiger partial charge >= 0.3 is 5.97 Å². The van der Waals surface area contributed by atoms with Crippen LogP contribution < -0.4 is 4.90 Å². The van der Waals surface area contributed by atoms with Gasteiger partial charge in [-0.1, -0.05) is 12.1 Å². The number of nitrogens with one attached hydrogen (secondary N) is 1. The van der Waals surface area contributed by atoms with Gasteiger partial charge in [-0.15, -0.1) is 11.3 Å². The molecule has 2 aliphatic heterocycles. The van der Waals surface area contributed by atoms with E-state index in [4.69, 9.17) is 4.74 Å². The number of carbonyl (C=O) groups excluding carboxylic acids is 2. The molecule has 5 heterocycles. The van der Waals surface area contributed by atoms with Crippen molar-refractivity contribution in [3.63, 3.8) is 0 Å². The third kappa shape index (κ3) is 4.63. The highest BCUT2D eigenvalue weighted by atomic mass is 32.1. The van der Waals surface area contributed by atoms with Crippen molar-refractivity contribution in [1.82, 2.24) is 24.8 Å². The van der Waals surface area contributed by atoms with Crippen molar-refractivity contribution in [3.05, 3.63) is 52.8 Å². The standard InChI is InChI=1S/C28H32N6O3S/c1-32(2)24(35)13-20-12-21-25(29-17-30-26(21)38-20)34-9-7-28(16-34)6-8-33(15-28)14-18-4-5-19-11-23(27(36)37-3)31-22(19)10-18/h4-5,10-12,17,31H,6-9,13-16H2,1-3H3. The Bertz CT molecular complexity index is 1530. The number of anilines is 1. The molecule has 198 valence electrons. The lowest BCUT2D eigenvalue weighted by atomic mass is 9.86. The average Bonchev–Trinajstić information content (AvgIpc) is 3.69. The number of likely N-dealkylation sites (N-methyl/N-ethyl adjacent to an activating group) is 1. The highest BCUT2D eigenvalue weighted by molar-refractivity contribution is 7.18. The monoisotopic (exact) mass is 532 g/mol. The highest BCUT2D eigenvalue weighted by Crippen LogP contribution is 2.43. The molecule has 2 fully saturated rings. The Kier molecular flexibility index (Phi) is 6.31. The summed E-state index contributed by atoms with van der Waals surface area (Å²) in [5.74, 6) is 0.733. The highest BCUT2D eigenvalue weighted by Gasteiger charge is 2.44. The Labute approximate surface area is 225 Å². The summed E-state index contributed by atoms with van der Waals surface area (Å²) in [5.41, 5.74) is 2.93. The number of carbonyl (C=O) groups is 2. The fourth-order valence-electron chi connectivity index (χ4n) is 5.90. The first-order valence-corrected chi connectivity index (χ1v) is 13.7. The second-order valence-electron chi connectivity index (χ2n) is 10.8. The second kappa shape index (κ2) is 9.67. The molecule has 9 nitrogen and oxygen atoms in total. The van der Waals surface area contributed by atoms with Crippen molar-refractivity contribution in [2.24, 2.45) is 5.41 Å². The molecule has 0 bridgehead atoms. The summed E-state index contributed by atoms with van der Waals surface area (Å²) in [7, 11) is 4.97. The van der Waals surface area contributed by atoms with E-state index in [-0.39, 0.29) is 17.3 Å². The number of aromatic nitrogens is 3. The van der Waals surface area contributed by atoms with Gasteiger partial charge in [0.05, 0.1) is 18.9 Å². The molecule has 6 rings (SSSR count). The average molecular weight is 533 g/mol. The maximum absolute atomic E-state index is 12.2. The van der Waals surface area contributed by atoms with Crippen molar-refractivity contribution in [1.29, 1.82) is 0 Å². The molecule has 10 heteroatoms. The number of esters is 1. The Morgan fingerprint density at radius 3 is 2.79 bits per heavy atom. The zero-order valence-electron chi connectivity index (χ0n) is 22.0. The van der Waals surface area contributed by atoms with Gasteiger partial charge in [-0.25, -0.2) is 14.8 Å². The first-order valence-electron chi connectivity index (χ1n) is 12.9. The van der Waals surface area contributed by atoms with Crippen LogP contribution in [0.3, 0.4) is 0 Å². The van der Waals surface area contributed by atoms with Crippen LogP contribution in [-0.2, 0) is 22.5 Å². The van der Waals surface area contributed by atoms with Gasteiger partial charge in [-0.2, -0.15) is 0 Å². The molecule has 2 saturated heterocycles. The molecule has 2 aliphatic rings. The van der Waals surface area contributed by atoms with Crippen molar-refractivity contribution >= 4 is 50.2 Å². The number of likely N-dealkylation sites (tertiary alicyclic amines) is 1. The van der Waals surface area contributed by atoms with Gasteiger partial charge in [0.15, 0.2) is 0 Å². The number of aromatic amines is 1. The number of hydrogen-bond donors (Lipinski definition) is 1. The number of H-pyrrole nitrogens is 1. The van der Waals surface area contributed by atoms with Crippen LogP contribution in [0, 0.1) is 5.41 Å². The Balaban J connectivity index is 1.14. The molecule has 4 aromatic rings. The molecule has 0 saturated carbocycles. The van der Waals surface area contributed by atoms with Crippen LogP contribution in [0.1, 0.15) is 33.8 Å². The van der Waals surface area contributed by atoms with Gasteiger partial charge in [0.2, 0.25) is 5.91 Å². The minimum absolute atomic E-state index is 0.0940. The summed E-state index contributed by atoms with van der Waals surface area (Å²) >= 11 is 1.58. The minimum atomic E-state index is -0.350. The molecule has 1 spiro atoms. The summed E-state index contributed by atoms with van der Waals surface area (Å²) < 4.78 is 4.84. The van der Waals surface area contributed by atoms with Gasteiger partial charge in [0.1, 0.15) is 22.7 Å². The normalized spacial score (nSPS) is 19.7. The van der Waals surface area contributed by atoms with Crippen molar-refractivity contribution in [2.75, 3.05) is 52.3 Å². The van der Waals surface area contributed by atoms with E-state index in [1.165, 1.54) is 19.1 Å². The summed E-state index contributed by atoms with van der Waals surface area (Å²) in [6.45, 7) is 4.97. The maximum atomic E-state index is 12.2. The molecule has 1 atom stereocenters. The van der Waals surface area contributed by atoms with Crippen LogP contribution in [0.5, 0.6) is 0 Å². The van der Waals surface area contributed by atoms with Crippen LogP contribution in [0.25, 0.3) is 21.1 Å². The molecule has 1 amide bonds. The first kappa shape index (κ1) is 24.8. The summed E-state index contributed by atoms with van der Waals surface area (Å²) in [6.07, 6.45) is 4.36. The van der Waals surface area contributed by atoms with Crippen molar-refractivity contribution in [3.8, 4) is 0 Å². The number of thiophene rings is 1. The van der Waals surface area contributed by atoms with E-state index in [0.29, 0.717) is 12.1 Å². The Morgan fingerprint density at radius 1 is 1.13 bits per heavy atom. The molecule has 1 N–H and O–H groups in total. The van der Waals surface area contributed by atoms with Crippen LogP contribution in [0.2, 0.25) is 0 Å². The van der Waals surface area contributed by atoms with Crippen LogP contribution in [0.4, 0.5) is 5.82 Å². The number of rotatable bonds is 6. The molecule has 0 radical (unpaired) electrons. The minimum Gasteiger partial charge on any atom is -0.464 e. The van der Waals surface area contributed by atoms with Crippen LogP contribution in [0.15, 0.2) is 36.7 Å². The third-order valence-electron chi connectivity index (χ3n) is 7.94. The van der Waals surface area contributed by atoms with Gasteiger partial charge < -0.3 is 19.5 Å². The molecule has 1 aromatic carbocycles. The number of hydrogen-bond acceptors (Lipinski definition) is 8. The summed E-state index contributed by atoms with van der Waals surface area (Å²) in [4.78, 5) is 45.0. The number of benzene rings is 1. The smallest absolute Gasteiger partial charge is 0.354 e.